The number of hydrogen-bond acceptors (Lipinski definition) is 3. The van der Waals surface area contributed by atoms with Crippen molar-refractivity contribution >= 4 is 34.3 Å². The largest absolute Gasteiger partial charge is 0.497 e. The second-order valence-electron chi connectivity index (χ2n) is 5.15. The summed E-state index contributed by atoms with van der Waals surface area (Å²) >= 11 is 1.65. The molecule has 3 aromatic rings. The van der Waals surface area contributed by atoms with Gasteiger partial charge < -0.3 is 14.6 Å². The predicted octanol–water partition coefficient (Wildman–Crippen LogP) is 4.01. The Hall–Kier alpha value is -2.40. The summed E-state index contributed by atoms with van der Waals surface area (Å²) in [5, 5.41) is 4.00. The molecule has 1 heterocycles. The second-order valence-corrected chi connectivity index (χ2v) is 6.03. The quantitative estimate of drug-likeness (QED) is 0.720. The maximum absolute atomic E-state index is 12.3. The van der Waals surface area contributed by atoms with Gasteiger partial charge in [-0.3, -0.25) is 4.79 Å². The molecule has 3 rings (SSSR count). The van der Waals surface area contributed by atoms with Gasteiger partial charge in [-0.1, -0.05) is 6.07 Å². The van der Waals surface area contributed by atoms with Crippen molar-refractivity contribution < 1.29 is 9.53 Å². The molecule has 0 saturated heterocycles. The summed E-state index contributed by atoms with van der Waals surface area (Å²) in [6.45, 7) is 0.277. The molecule has 5 heteroatoms. The molecule has 0 fully saturated rings. The SMILES string of the molecule is COc1ccc2c(ccn2CC(=O)Nc2cccc(SC)c2)c1. The Kier molecular flexibility index (Phi) is 4.57. The number of anilines is 1. The summed E-state index contributed by atoms with van der Waals surface area (Å²) in [7, 11) is 1.65. The number of nitrogens with one attached hydrogen (secondary N) is 1. The molecule has 0 radical (unpaired) electrons. The number of benzene rings is 2. The van der Waals surface area contributed by atoms with Crippen LogP contribution in [0.25, 0.3) is 10.9 Å². The van der Waals surface area contributed by atoms with Crippen molar-refractivity contribution in [2.75, 3.05) is 18.7 Å². The zero-order chi connectivity index (χ0) is 16.2. The molecule has 0 saturated carbocycles. The molecule has 0 aliphatic rings. The van der Waals surface area contributed by atoms with Crippen LogP contribution in [-0.4, -0.2) is 23.8 Å². The van der Waals surface area contributed by atoms with Crippen LogP contribution < -0.4 is 10.1 Å². The van der Waals surface area contributed by atoms with E-state index in [0.29, 0.717) is 0 Å². The van der Waals surface area contributed by atoms with Crippen LogP contribution in [0.2, 0.25) is 0 Å². The average molecular weight is 326 g/mol. The number of amides is 1. The van der Waals surface area contributed by atoms with E-state index < -0.39 is 0 Å². The Morgan fingerprint density at radius 3 is 2.87 bits per heavy atom. The van der Waals surface area contributed by atoms with Gasteiger partial charge in [0, 0.05) is 27.7 Å². The minimum Gasteiger partial charge on any atom is -0.497 e. The van der Waals surface area contributed by atoms with Gasteiger partial charge in [0.2, 0.25) is 5.91 Å². The van der Waals surface area contributed by atoms with Crippen molar-refractivity contribution in [1.29, 1.82) is 0 Å². The maximum Gasteiger partial charge on any atom is 0.244 e. The Morgan fingerprint density at radius 2 is 2.09 bits per heavy atom. The van der Waals surface area contributed by atoms with E-state index in [9.17, 15) is 4.79 Å². The van der Waals surface area contributed by atoms with Crippen molar-refractivity contribution in [2.45, 2.75) is 11.4 Å². The number of fused-ring (bicyclic) bond motifs is 1. The highest BCUT2D eigenvalue weighted by molar-refractivity contribution is 7.98. The number of nitrogens with zero attached hydrogens (tertiary/aromatic N) is 1. The minimum atomic E-state index is -0.0448. The summed E-state index contributed by atoms with van der Waals surface area (Å²) in [6, 6.07) is 15.7. The summed E-state index contributed by atoms with van der Waals surface area (Å²) in [4.78, 5) is 13.4. The van der Waals surface area contributed by atoms with E-state index in [4.69, 9.17) is 4.74 Å². The molecule has 0 atom stereocenters. The first-order valence-electron chi connectivity index (χ1n) is 7.26. The lowest BCUT2D eigenvalue weighted by atomic mass is 10.2. The molecule has 0 aliphatic carbocycles. The highest BCUT2D eigenvalue weighted by Crippen LogP contribution is 2.22. The van der Waals surface area contributed by atoms with E-state index >= 15 is 0 Å². The number of carbonyl (C=O) groups is 1. The van der Waals surface area contributed by atoms with Gasteiger partial charge in [0.25, 0.3) is 0 Å². The molecule has 0 unspecified atom stereocenters. The summed E-state index contributed by atoms with van der Waals surface area (Å²) in [6.07, 6.45) is 3.93. The first-order valence-corrected chi connectivity index (χ1v) is 8.49. The van der Waals surface area contributed by atoms with E-state index in [0.717, 1.165) is 27.2 Å². The molecule has 0 aliphatic heterocycles. The van der Waals surface area contributed by atoms with E-state index in [1.807, 2.05) is 65.6 Å². The lowest BCUT2D eigenvalue weighted by Crippen LogP contribution is -2.18. The topological polar surface area (TPSA) is 43.3 Å². The Bertz CT molecular complexity index is 842. The molecule has 1 aromatic heterocycles. The molecule has 118 valence electrons. The number of rotatable bonds is 5. The number of thioether (sulfide) groups is 1. The molecule has 4 nitrogen and oxygen atoms in total. The van der Waals surface area contributed by atoms with Gasteiger partial charge in [0.15, 0.2) is 0 Å². The second kappa shape index (κ2) is 6.79. The van der Waals surface area contributed by atoms with E-state index in [2.05, 4.69) is 5.32 Å². The first-order chi connectivity index (χ1) is 11.2. The molecule has 1 N–H and O–H groups in total. The molecule has 23 heavy (non-hydrogen) atoms. The van der Waals surface area contributed by atoms with Crippen molar-refractivity contribution in [2.24, 2.45) is 0 Å². The first kappa shape index (κ1) is 15.5. The molecular weight excluding hydrogens is 308 g/mol. The zero-order valence-electron chi connectivity index (χ0n) is 13.1. The maximum atomic E-state index is 12.3. The smallest absolute Gasteiger partial charge is 0.244 e. The molecule has 0 bridgehead atoms. The third-order valence-corrected chi connectivity index (χ3v) is 4.37. The molecule has 1 amide bonds. The number of ether oxygens (including phenoxy) is 1. The van der Waals surface area contributed by atoms with Gasteiger partial charge in [-0.05, 0) is 48.7 Å². The van der Waals surface area contributed by atoms with Crippen LogP contribution in [0.3, 0.4) is 0 Å². The Labute approximate surface area is 139 Å². The van der Waals surface area contributed by atoms with Gasteiger partial charge in [-0.15, -0.1) is 11.8 Å². The van der Waals surface area contributed by atoms with Crippen molar-refractivity contribution in [1.82, 2.24) is 4.57 Å². The van der Waals surface area contributed by atoms with Crippen molar-refractivity contribution in [3.05, 3.63) is 54.7 Å². The molecular formula is C18H18N2O2S. The lowest BCUT2D eigenvalue weighted by molar-refractivity contribution is -0.116. The number of carbonyl (C=O) groups excluding carboxylic acids is 1. The predicted molar refractivity (Wildman–Crippen MR) is 95.3 cm³/mol. The van der Waals surface area contributed by atoms with Gasteiger partial charge in [-0.25, -0.2) is 0 Å². The van der Waals surface area contributed by atoms with Crippen LogP contribution in [0.15, 0.2) is 59.6 Å². The van der Waals surface area contributed by atoms with Gasteiger partial charge in [-0.2, -0.15) is 0 Å². The van der Waals surface area contributed by atoms with Crippen LogP contribution in [0.4, 0.5) is 5.69 Å². The number of aromatic nitrogens is 1. The van der Waals surface area contributed by atoms with Gasteiger partial charge >= 0.3 is 0 Å². The summed E-state index contributed by atoms with van der Waals surface area (Å²) < 4.78 is 7.16. The van der Waals surface area contributed by atoms with E-state index in [-0.39, 0.29) is 12.5 Å². The normalized spacial score (nSPS) is 10.7. The third kappa shape index (κ3) is 3.51. The molecule has 0 spiro atoms. The summed E-state index contributed by atoms with van der Waals surface area (Å²) in [5.41, 5.74) is 1.83. The standard InChI is InChI=1S/C18H18N2O2S/c1-22-15-6-7-17-13(10-15)8-9-20(17)12-18(21)19-14-4-3-5-16(11-14)23-2/h3-11H,12H2,1-2H3,(H,19,21). The average Bonchev–Trinajstić information content (AvgIpc) is 2.97. The summed E-state index contributed by atoms with van der Waals surface area (Å²) in [5.74, 6) is 0.769. The van der Waals surface area contributed by atoms with E-state index in [1.165, 1.54) is 0 Å². The van der Waals surface area contributed by atoms with E-state index in [1.54, 1.807) is 18.9 Å². The number of methoxy groups -OCH3 is 1. The Balaban J connectivity index is 1.75. The lowest BCUT2D eigenvalue weighted by Gasteiger charge is -2.09. The highest BCUT2D eigenvalue weighted by Gasteiger charge is 2.08. The van der Waals surface area contributed by atoms with Crippen LogP contribution in [-0.2, 0) is 11.3 Å². The van der Waals surface area contributed by atoms with Crippen molar-refractivity contribution in [3.8, 4) is 5.75 Å². The molecule has 2 aromatic carbocycles. The van der Waals surface area contributed by atoms with Crippen LogP contribution in [0.1, 0.15) is 0 Å². The zero-order valence-corrected chi connectivity index (χ0v) is 13.9. The Morgan fingerprint density at radius 1 is 1.22 bits per heavy atom. The number of hydrogen-bond donors (Lipinski definition) is 1. The van der Waals surface area contributed by atoms with Crippen LogP contribution in [0, 0.1) is 0 Å². The third-order valence-electron chi connectivity index (χ3n) is 3.65. The van der Waals surface area contributed by atoms with Gasteiger partial charge in [0.05, 0.1) is 7.11 Å². The van der Waals surface area contributed by atoms with Crippen molar-refractivity contribution in [3.63, 3.8) is 0 Å². The van der Waals surface area contributed by atoms with Crippen LogP contribution >= 0.6 is 11.8 Å². The highest BCUT2D eigenvalue weighted by atomic mass is 32.2. The fraction of sp³-hybridized carbons (Fsp3) is 0.167. The van der Waals surface area contributed by atoms with Gasteiger partial charge in [0.1, 0.15) is 12.3 Å². The van der Waals surface area contributed by atoms with Crippen LogP contribution in [0.5, 0.6) is 5.75 Å². The monoisotopic (exact) mass is 326 g/mol. The fourth-order valence-corrected chi connectivity index (χ4v) is 2.96. The fourth-order valence-electron chi connectivity index (χ4n) is 2.50. The minimum absolute atomic E-state index is 0.0448.